The predicted octanol–water partition coefficient (Wildman–Crippen LogP) is 3.17. The van der Waals surface area contributed by atoms with Gasteiger partial charge in [-0.1, -0.05) is 0 Å². The maximum atomic E-state index is 13.0. The van der Waals surface area contributed by atoms with Gasteiger partial charge in [-0.3, -0.25) is 9.97 Å². The second kappa shape index (κ2) is 6.71. The van der Waals surface area contributed by atoms with Crippen LogP contribution in [0.3, 0.4) is 0 Å². The van der Waals surface area contributed by atoms with Crippen molar-refractivity contribution in [2.24, 2.45) is 0 Å². The van der Waals surface area contributed by atoms with E-state index in [1.165, 1.54) is 12.1 Å². The Labute approximate surface area is 130 Å². The molecule has 0 saturated heterocycles. The standard InChI is InChI=1S/C13H12BrFN4S/c1-8-5-17-10(6-16-8)7-18-13(20)19-12-3-2-9(15)4-11(12)14/h2-6H,7H2,1H3,(H2,18,19,20). The van der Waals surface area contributed by atoms with Crippen LogP contribution in [0, 0.1) is 12.7 Å². The molecule has 104 valence electrons. The highest BCUT2D eigenvalue weighted by atomic mass is 79.9. The van der Waals surface area contributed by atoms with Crippen molar-refractivity contribution in [3.8, 4) is 0 Å². The van der Waals surface area contributed by atoms with E-state index in [2.05, 4.69) is 36.5 Å². The van der Waals surface area contributed by atoms with Crippen molar-refractivity contribution in [3.05, 3.63) is 52.3 Å². The van der Waals surface area contributed by atoms with Gasteiger partial charge in [-0.05, 0) is 53.3 Å². The van der Waals surface area contributed by atoms with Crippen molar-refractivity contribution in [3.63, 3.8) is 0 Å². The van der Waals surface area contributed by atoms with Gasteiger partial charge >= 0.3 is 0 Å². The quantitative estimate of drug-likeness (QED) is 0.829. The number of thiocarbonyl (C=S) groups is 1. The Balaban J connectivity index is 1.90. The molecule has 20 heavy (non-hydrogen) atoms. The van der Waals surface area contributed by atoms with Crippen LogP contribution in [0.5, 0.6) is 0 Å². The molecule has 2 aromatic rings. The average Bonchev–Trinajstić information content (AvgIpc) is 2.41. The summed E-state index contributed by atoms with van der Waals surface area (Å²) in [5, 5.41) is 6.42. The molecule has 1 aromatic heterocycles. The van der Waals surface area contributed by atoms with E-state index in [9.17, 15) is 4.39 Å². The first kappa shape index (κ1) is 14.8. The SMILES string of the molecule is Cc1cnc(CNC(=S)Nc2ccc(F)cc2Br)cn1. The maximum absolute atomic E-state index is 13.0. The molecule has 0 aliphatic rings. The highest BCUT2D eigenvalue weighted by molar-refractivity contribution is 9.10. The minimum absolute atomic E-state index is 0.309. The average molecular weight is 355 g/mol. The van der Waals surface area contributed by atoms with Gasteiger partial charge in [0.25, 0.3) is 0 Å². The van der Waals surface area contributed by atoms with E-state index in [4.69, 9.17) is 12.2 Å². The summed E-state index contributed by atoms with van der Waals surface area (Å²) in [6.07, 6.45) is 3.39. The number of nitrogens with one attached hydrogen (secondary N) is 2. The number of aryl methyl sites for hydroxylation is 1. The molecule has 1 heterocycles. The summed E-state index contributed by atoms with van der Waals surface area (Å²) in [7, 11) is 0. The van der Waals surface area contributed by atoms with Crippen LogP contribution < -0.4 is 10.6 Å². The molecule has 0 aliphatic carbocycles. The molecule has 2 rings (SSSR count). The van der Waals surface area contributed by atoms with Gasteiger partial charge in [-0.25, -0.2) is 4.39 Å². The normalized spacial score (nSPS) is 10.2. The first-order valence-corrected chi connectivity index (χ1v) is 7.02. The molecule has 0 saturated carbocycles. The molecule has 0 amide bonds. The molecule has 0 bridgehead atoms. The molecule has 2 N–H and O–H groups in total. The largest absolute Gasteiger partial charge is 0.357 e. The lowest BCUT2D eigenvalue weighted by Gasteiger charge is -2.11. The summed E-state index contributed by atoms with van der Waals surface area (Å²) >= 11 is 8.44. The summed E-state index contributed by atoms with van der Waals surface area (Å²) in [6.45, 7) is 2.35. The van der Waals surface area contributed by atoms with Crippen molar-refractivity contribution in [1.29, 1.82) is 0 Å². The van der Waals surface area contributed by atoms with Crippen LogP contribution in [0.15, 0.2) is 35.1 Å². The molecule has 0 radical (unpaired) electrons. The molecular weight excluding hydrogens is 343 g/mol. The number of anilines is 1. The molecule has 4 nitrogen and oxygen atoms in total. The number of benzene rings is 1. The summed E-state index contributed by atoms with van der Waals surface area (Å²) in [4.78, 5) is 8.36. The zero-order chi connectivity index (χ0) is 14.5. The summed E-state index contributed by atoms with van der Waals surface area (Å²) in [5.74, 6) is -0.309. The van der Waals surface area contributed by atoms with Crippen molar-refractivity contribution in [1.82, 2.24) is 15.3 Å². The highest BCUT2D eigenvalue weighted by Gasteiger charge is 2.04. The first-order chi connectivity index (χ1) is 9.54. The van der Waals surface area contributed by atoms with Gasteiger partial charge in [0.05, 0.1) is 29.8 Å². The molecule has 7 heteroatoms. The van der Waals surface area contributed by atoms with Crippen LogP contribution in [-0.4, -0.2) is 15.1 Å². The Morgan fingerprint density at radius 1 is 1.35 bits per heavy atom. The van der Waals surface area contributed by atoms with Gasteiger partial charge in [-0.2, -0.15) is 0 Å². The second-order valence-electron chi connectivity index (χ2n) is 4.08. The van der Waals surface area contributed by atoms with Crippen LogP contribution in [0.4, 0.5) is 10.1 Å². The molecule has 1 aromatic carbocycles. The maximum Gasteiger partial charge on any atom is 0.171 e. The third kappa shape index (κ3) is 4.21. The van der Waals surface area contributed by atoms with Crippen molar-refractivity contribution in [2.45, 2.75) is 13.5 Å². The highest BCUT2D eigenvalue weighted by Crippen LogP contribution is 2.22. The smallest absolute Gasteiger partial charge is 0.171 e. The Bertz CT molecular complexity index is 618. The summed E-state index contributed by atoms with van der Waals surface area (Å²) in [6, 6.07) is 4.34. The Morgan fingerprint density at radius 2 is 2.15 bits per heavy atom. The number of rotatable bonds is 3. The van der Waals surface area contributed by atoms with Gasteiger partial charge < -0.3 is 10.6 Å². The lowest BCUT2D eigenvalue weighted by molar-refractivity contribution is 0.627. The van der Waals surface area contributed by atoms with E-state index >= 15 is 0 Å². The molecule has 0 atom stereocenters. The number of halogens is 2. The fourth-order valence-electron chi connectivity index (χ4n) is 1.44. The lowest BCUT2D eigenvalue weighted by atomic mass is 10.3. The number of nitrogens with zero attached hydrogens (tertiary/aromatic N) is 2. The van der Waals surface area contributed by atoms with E-state index in [0.29, 0.717) is 21.8 Å². The van der Waals surface area contributed by atoms with Crippen LogP contribution in [-0.2, 0) is 6.54 Å². The molecule has 0 fully saturated rings. The summed E-state index contributed by atoms with van der Waals surface area (Å²) in [5.41, 5.74) is 2.35. The minimum Gasteiger partial charge on any atom is -0.357 e. The van der Waals surface area contributed by atoms with Crippen LogP contribution in [0.1, 0.15) is 11.4 Å². The zero-order valence-electron chi connectivity index (χ0n) is 10.7. The first-order valence-electron chi connectivity index (χ1n) is 5.82. The predicted molar refractivity (Wildman–Crippen MR) is 83.9 cm³/mol. The van der Waals surface area contributed by atoms with E-state index in [1.807, 2.05) is 6.92 Å². The monoisotopic (exact) mass is 354 g/mol. The van der Waals surface area contributed by atoms with Crippen LogP contribution in [0.2, 0.25) is 0 Å². The van der Waals surface area contributed by atoms with Crippen LogP contribution in [0.25, 0.3) is 0 Å². The van der Waals surface area contributed by atoms with E-state index in [1.54, 1.807) is 18.5 Å². The number of hydrogen-bond donors (Lipinski definition) is 2. The van der Waals surface area contributed by atoms with Gasteiger partial charge in [-0.15, -0.1) is 0 Å². The van der Waals surface area contributed by atoms with Crippen molar-refractivity contribution in [2.75, 3.05) is 5.32 Å². The summed E-state index contributed by atoms with van der Waals surface area (Å²) < 4.78 is 13.6. The minimum atomic E-state index is -0.309. The van der Waals surface area contributed by atoms with Gasteiger partial charge in [0, 0.05) is 10.7 Å². The van der Waals surface area contributed by atoms with Crippen molar-refractivity contribution < 1.29 is 4.39 Å². The van der Waals surface area contributed by atoms with E-state index in [-0.39, 0.29) is 5.82 Å². The zero-order valence-corrected chi connectivity index (χ0v) is 13.1. The third-order valence-electron chi connectivity index (χ3n) is 2.44. The molecule has 0 spiro atoms. The fourth-order valence-corrected chi connectivity index (χ4v) is 2.07. The number of hydrogen-bond acceptors (Lipinski definition) is 3. The molecule has 0 aliphatic heterocycles. The Morgan fingerprint density at radius 3 is 2.80 bits per heavy atom. The Hall–Kier alpha value is -1.60. The van der Waals surface area contributed by atoms with Gasteiger partial charge in [0.2, 0.25) is 0 Å². The molecule has 0 unspecified atom stereocenters. The number of aromatic nitrogens is 2. The van der Waals surface area contributed by atoms with E-state index in [0.717, 1.165) is 11.4 Å². The third-order valence-corrected chi connectivity index (χ3v) is 3.35. The fraction of sp³-hybridized carbons (Fsp3) is 0.154. The Kier molecular flexibility index (Phi) is 4.97. The van der Waals surface area contributed by atoms with Crippen LogP contribution >= 0.6 is 28.1 Å². The van der Waals surface area contributed by atoms with Gasteiger partial charge in [0.15, 0.2) is 5.11 Å². The topological polar surface area (TPSA) is 49.8 Å². The van der Waals surface area contributed by atoms with Crippen molar-refractivity contribution >= 4 is 38.9 Å². The van der Waals surface area contributed by atoms with Gasteiger partial charge in [0.1, 0.15) is 5.82 Å². The second-order valence-corrected chi connectivity index (χ2v) is 5.34. The lowest BCUT2D eigenvalue weighted by Crippen LogP contribution is -2.28. The van der Waals surface area contributed by atoms with E-state index < -0.39 is 0 Å². The molecular formula is C13H12BrFN4S.